The highest BCUT2D eigenvalue weighted by Crippen LogP contribution is 2.28. The van der Waals surface area contributed by atoms with Gasteiger partial charge in [0.2, 0.25) is 0 Å². The van der Waals surface area contributed by atoms with Crippen LogP contribution in [0.1, 0.15) is 12.8 Å². The highest BCUT2D eigenvalue weighted by molar-refractivity contribution is 9.10. The molecule has 6 heteroatoms. The van der Waals surface area contributed by atoms with Crippen molar-refractivity contribution in [3.63, 3.8) is 0 Å². The number of piperidine rings is 1. The van der Waals surface area contributed by atoms with E-state index in [2.05, 4.69) is 33.2 Å². The Kier molecular flexibility index (Phi) is 4.76. The molecule has 19 heavy (non-hydrogen) atoms. The monoisotopic (exact) mass is 327 g/mol. The van der Waals surface area contributed by atoms with Gasteiger partial charge in [-0.1, -0.05) is 0 Å². The predicted molar refractivity (Wildman–Crippen MR) is 79.5 cm³/mol. The molecule has 0 radical (unpaired) electrons. The van der Waals surface area contributed by atoms with Gasteiger partial charge in [0.1, 0.15) is 0 Å². The number of likely N-dealkylation sites (tertiary alicyclic amines) is 1. The van der Waals surface area contributed by atoms with Crippen molar-refractivity contribution in [3.05, 3.63) is 32.8 Å². The van der Waals surface area contributed by atoms with Crippen molar-refractivity contribution < 1.29 is 4.92 Å². The van der Waals surface area contributed by atoms with Crippen molar-refractivity contribution in [3.8, 4) is 0 Å². The number of nitrogens with one attached hydrogen (secondary N) is 1. The molecule has 0 amide bonds. The third-order valence-corrected chi connectivity index (χ3v) is 4.27. The molecule has 5 nitrogen and oxygen atoms in total. The fourth-order valence-corrected chi connectivity index (χ4v) is 2.67. The molecule has 104 valence electrons. The molecule has 1 aromatic carbocycles. The van der Waals surface area contributed by atoms with E-state index in [-0.39, 0.29) is 10.6 Å². The van der Waals surface area contributed by atoms with Crippen LogP contribution < -0.4 is 5.32 Å². The highest BCUT2D eigenvalue weighted by atomic mass is 79.9. The molecule has 1 fully saturated rings. The zero-order chi connectivity index (χ0) is 13.8. The molecular weight excluding hydrogens is 310 g/mol. The smallest absolute Gasteiger partial charge is 0.271 e. The average molecular weight is 328 g/mol. The Bertz CT molecular complexity index is 459. The Hall–Kier alpha value is -1.14. The van der Waals surface area contributed by atoms with Crippen molar-refractivity contribution in [1.82, 2.24) is 4.90 Å². The first-order valence-corrected chi connectivity index (χ1v) is 7.22. The summed E-state index contributed by atoms with van der Waals surface area (Å²) in [4.78, 5) is 12.7. The minimum atomic E-state index is -0.368. The number of nitrogens with zero attached hydrogens (tertiary/aromatic N) is 2. The first-order valence-electron chi connectivity index (χ1n) is 6.42. The third-order valence-electron chi connectivity index (χ3n) is 3.58. The van der Waals surface area contributed by atoms with Crippen molar-refractivity contribution in [2.75, 3.05) is 32.0 Å². The predicted octanol–water partition coefficient (Wildman–Crippen LogP) is 3.11. The number of rotatable bonds is 4. The van der Waals surface area contributed by atoms with Gasteiger partial charge < -0.3 is 10.2 Å². The molecule has 1 N–H and O–H groups in total. The number of benzene rings is 1. The van der Waals surface area contributed by atoms with Gasteiger partial charge in [0.25, 0.3) is 5.69 Å². The second-order valence-electron chi connectivity index (χ2n) is 5.05. The highest BCUT2D eigenvalue weighted by Gasteiger charge is 2.17. The number of hydrogen-bond acceptors (Lipinski definition) is 4. The molecule has 0 unspecified atom stereocenters. The maximum atomic E-state index is 10.8. The van der Waals surface area contributed by atoms with Gasteiger partial charge in [0.15, 0.2) is 0 Å². The molecule has 0 spiro atoms. The van der Waals surface area contributed by atoms with E-state index < -0.39 is 0 Å². The van der Waals surface area contributed by atoms with Crippen LogP contribution >= 0.6 is 15.9 Å². The van der Waals surface area contributed by atoms with Crippen LogP contribution in [0.2, 0.25) is 0 Å². The third kappa shape index (κ3) is 3.91. The fourth-order valence-electron chi connectivity index (χ4n) is 2.28. The van der Waals surface area contributed by atoms with Gasteiger partial charge in [-0.15, -0.1) is 0 Å². The average Bonchev–Trinajstić information content (AvgIpc) is 2.39. The first-order chi connectivity index (χ1) is 9.06. The lowest BCUT2D eigenvalue weighted by atomic mass is 9.97. The molecule has 0 saturated carbocycles. The normalized spacial score (nSPS) is 17.4. The van der Waals surface area contributed by atoms with Crippen LogP contribution in [0.15, 0.2) is 22.7 Å². The summed E-state index contributed by atoms with van der Waals surface area (Å²) in [7, 11) is 2.14. The molecule has 0 bridgehead atoms. The topological polar surface area (TPSA) is 58.4 Å². The Morgan fingerprint density at radius 3 is 2.79 bits per heavy atom. The van der Waals surface area contributed by atoms with E-state index in [1.54, 1.807) is 12.1 Å². The summed E-state index contributed by atoms with van der Waals surface area (Å²) < 4.78 is 0.867. The van der Waals surface area contributed by atoms with E-state index in [1.165, 1.54) is 18.9 Å². The first kappa shape index (κ1) is 14.3. The van der Waals surface area contributed by atoms with Crippen LogP contribution in [0.5, 0.6) is 0 Å². The Labute approximate surface area is 121 Å². The number of nitro benzene ring substituents is 1. The minimum absolute atomic E-state index is 0.120. The molecule has 0 aromatic heterocycles. The van der Waals surface area contributed by atoms with Gasteiger partial charge >= 0.3 is 0 Å². The zero-order valence-electron chi connectivity index (χ0n) is 10.9. The Balaban J connectivity index is 1.95. The van der Waals surface area contributed by atoms with E-state index in [9.17, 15) is 10.1 Å². The fraction of sp³-hybridized carbons (Fsp3) is 0.538. The molecule has 1 heterocycles. The van der Waals surface area contributed by atoms with E-state index in [0.717, 1.165) is 29.8 Å². The Morgan fingerprint density at radius 1 is 1.47 bits per heavy atom. The van der Waals surface area contributed by atoms with E-state index in [4.69, 9.17) is 0 Å². The van der Waals surface area contributed by atoms with Gasteiger partial charge in [-0.2, -0.15) is 0 Å². The standard InChI is InChI=1S/C13H18BrN3O2/c1-16-6-4-10(5-7-16)9-15-13-8-11(17(18)19)2-3-12(13)14/h2-3,8,10,15H,4-7,9H2,1H3. The number of hydrogen-bond donors (Lipinski definition) is 1. The number of nitro groups is 1. The van der Waals surface area contributed by atoms with E-state index in [1.807, 2.05) is 0 Å². The maximum absolute atomic E-state index is 10.8. The summed E-state index contributed by atoms with van der Waals surface area (Å²) in [5.41, 5.74) is 0.919. The van der Waals surface area contributed by atoms with Crippen molar-refractivity contribution >= 4 is 27.3 Å². The number of anilines is 1. The lowest BCUT2D eigenvalue weighted by Crippen LogP contribution is -2.32. The summed E-state index contributed by atoms with van der Waals surface area (Å²) in [6.45, 7) is 3.12. The van der Waals surface area contributed by atoms with E-state index >= 15 is 0 Å². The largest absolute Gasteiger partial charge is 0.384 e. The van der Waals surface area contributed by atoms with Crippen molar-refractivity contribution in [1.29, 1.82) is 0 Å². The summed E-state index contributed by atoms with van der Waals surface area (Å²) in [6.07, 6.45) is 2.35. The second kappa shape index (κ2) is 6.34. The molecular formula is C13H18BrN3O2. The summed E-state index contributed by atoms with van der Waals surface area (Å²) in [6, 6.07) is 4.80. The van der Waals surface area contributed by atoms with Crippen LogP contribution in [0.25, 0.3) is 0 Å². The van der Waals surface area contributed by atoms with Gasteiger partial charge in [-0.25, -0.2) is 0 Å². The van der Waals surface area contributed by atoms with Crippen LogP contribution in [-0.4, -0.2) is 36.5 Å². The van der Waals surface area contributed by atoms with Gasteiger partial charge in [0, 0.05) is 23.2 Å². The molecule has 0 atom stereocenters. The summed E-state index contributed by atoms with van der Waals surface area (Å²) >= 11 is 3.42. The zero-order valence-corrected chi connectivity index (χ0v) is 12.5. The Morgan fingerprint density at radius 2 is 2.16 bits per heavy atom. The molecule has 1 saturated heterocycles. The minimum Gasteiger partial charge on any atom is -0.384 e. The van der Waals surface area contributed by atoms with E-state index in [0.29, 0.717) is 5.92 Å². The van der Waals surface area contributed by atoms with Crippen LogP contribution in [0.4, 0.5) is 11.4 Å². The lowest BCUT2D eigenvalue weighted by Gasteiger charge is -2.29. The van der Waals surface area contributed by atoms with Gasteiger partial charge in [-0.05, 0) is 60.9 Å². The lowest BCUT2D eigenvalue weighted by molar-refractivity contribution is -0.384. The molecule has 1 aliphatic heterocycles. The van der Waals surface area contributed by atoms with Crippen molar-refractivity contribution in [2.24, 2.45) is 5.92 Å². The maximum Gasteiger partial charge on any atom is 0.271 e. The summed E-state index contributed by atoms with van der Waals surface area (Å²) in [5.74, 6) is 0.641. The van der Waals surface area contributed by atoms with Crippen LogP contribution in [-0.2, 0) is 0 Å². The van der Waals surface area contributed by atoms with Crippen LogP contribution in [0, 0.1) is 16.0 Å². The SMILES string of the molecule is CN1CCC(CNc2cc([N+](=O)[O-])ccc2Br)CC1. The van der Waals surface area contributed by atoms with Gasteiger partial charge in [0.05, 0.1) is 10.6 Å². The molecule has 1 aliphatic rings. The van der Waals surface area contributed by atoms with Crippen molar-refractivity contribution in [2.45, 2.75) is 12.8 Å². The number of non-ortho nitro benzene ring substituents is 1. The summed E-state index contributed by atoms with van der Waals surface area (Å²) in [5, 5.41) is 14.1. The molecule has 2 rings (SSSR count). The van der Waals surface area contributed by atoms with Crippen LogP contribution in [0.3, 0.4) is 0 Å². The number of halogens is 1. The molecule has 0 aliphatic carbocycles. The quantitative estimate of drug-likeness (QED) is 0.681. The molecule has 1 aromatic rings. The van der Waals surface area contributed by atoms with Gasteiger partial charge in [-0.3, -0.25) is 10.1 Å². The second-order valence-corrected chi connectivity index (χ2v) is 5.90.